The number of likely N-dealkylation sites (N-methyl/N-ethyl adjacent to an activating group) is 1. The zero-order valence-electron chi connectivity index (χ0n) is 11.4. The molecule has 98 valence electrons. The van der Waals surface area contributed by atoms with Crippen LogP contribution in [0.2, 0.25) is 0 Å². The first-order chi connectivity index (χ1) is 8.41. The lowest BCUT2D eigenvalue weighted by Gasteiger charge is -2.23. The van der Waals surface area contributed by atoms with E-state index in [1.54, 1.807) is 24.0 Å². The molecule has 0 saturated heterocycles. The molecule has 0 bridgehead atoms. The highest BCUT2D eigenvalue weighted by Crippen LogP contribution is 2.15. The van der Waals surface area contributed by atoms with E-state index >= 15 is 0 Å². The van der Waals surface area contributed by atoms with Gasteiger partial charge in [-0.1, -0.05) is 0 Å². The highest BCUT2D eigenvalue weighted by molar-refractivity contribution is 5.95. The van der Waals surface area contributed by atoms with Crippen LogP contribution in [0.3, 0.4) is 0 Å². The Morgan fingerprint density at radius 1 is 1.00 bits per heavy atom. The molecule has 0 unspecified atom stereocenters. The van der Waals surface area contributed by atoms with Crippen LogP contribution in [-0.4, -0.2) is 43.8 Å². The molecule has 1 aromatic rings. The Bertz CT molecular complexity index is 424. The number of hydrogen-bond acceptors (Lipinski definition) is 3. The minimum Gasteiger partial charge on any atom is -0.311 e. The Hall–Kier alpha value is -1.68. The van der Waals surface area contributed by atoms with Crippen molar-refractivity contribution >= 4 is 17.4 Å². The number of benzene rings is 1. The summed E-state index contributed by atoms with van der Waals surface area (Å²) in [6, 6.07) is 7.13. The van der Waals surface area contributed by atoms with Crippen molar-refractivity contribution in [3.8, 4) is 0 Å². The highest BCUT2D eigenvalue weighted by atomic mass is 16.2. The molecule has 0 heterocycles. The SMILES string of the molecule is CC(=O)c1ccc(N(CCN(C)C)C(C)=O)cc1. The quantitative estimate of drug-likeness (QED) is 0.746. The largest absolute Gasteiger partial charge is 0.311 e. The number of carbonyl (C=O) groups is 2. The standard InChI is InChI=1S/C14H20N2O2/c1-11(17)13-5-7-14(8-6-13)16(12(2)18)10-9-15(3)4/h5-8H,9-10H2,1-4H3. The molecular weight excluding hydrogens is 228 g/mol. The average Bonchev–Trinajstić information content (AvgIpc) is 2.29. The Labute approximate surface area is 108 Å². The number of hydrogen-bond donors (Lipinski definition) is 0. The van der Waals surface area contributed by atoms with E-state index < -0.39 is 0 Å². The summed E-state index contributed by atoms with van der Waals surface area (Å²) in [6.07, 6.45) is 0. The molecular formula is C14H20N2O2. The summed E-state index contributed by atoms with van der Waals surface area (Å²) in [5, 5.41) is 0. The van der Waals surface area contributed by atoms with Crippen molar-refractivity contribution in [1.29, 1.82) is 0 Å². The number of ketones is 1. The number of rotatable bonds is 5. The van der Waals surface area contributed by atoms with E-state index in [9.17, 15) is 9.59 Å². The summed E-state index contributed by atoms with van der Waals surface area (Å²) in [4.78, 5) is 26.5. The van der Waals surface area contributed by atoms with Crippen LogP contribution in [0.1, 0.15) is 24.2 Å². The normalized spacial score (nSPS) is 10.5. The van der Waals surface area contributed by atoms with E-state index in [0.717, 1.165) is 12.2 Å². The molecule has 18 heavy (non-hydrogen) atoms. The van der Waals surface area contributed by atoms with Crippen LogP contribution < -0.4 is 4.90 Å². The number of nitrogens with zero attached hydrogens (tertiary/aromatic N) is 2. The molecule has 0 aliphatic carbocycles. The molecule has 0 N–H and O–H groups in total. The molecule has 1 aromatic carbocycles. The van der Waals surface area contributed by atoms with Gasteiger partial charge in [-0.25, -0.2) is 0 Å². The van der Waals surface area contributed by atoms with Crippen molar-refractivity contribution in [1.82, 2.24) is 4.90 Å². The molecule has 1 amide bonds. The van der Waals surface area contributed by atoms with Crippen molar-refractivity contribution in [2.75, 3.05) is 32.1 Å². The fourth-order valence-electron chi connectivity index (χ4n) is 1.64. The summed E-state index contributed by atoms with van der Waals surface area (Å²) in [5.41, 5.74) is 1.49. The van der Waals surface area contributed by atoms with Crippen LogP contribution in [0.5, 0.6) is 0 Å². The first-order valence-corrected chi connectivity index (χ1v) is 5.95. The number of amides is 1. The molecule has 1 rings (SSSR count). The smallest absolute Gasteiger partial charge is 0.223 e. The maximum Gasteiger partial charge on any atom is 0.223 e. The van der Waals surface area contributed by atoms with E-state index in [4.69, 9.17) is 0 Å². The lowest BCUT2D eigenvalue weighted by atomic mass is 10.1. The first kappa shape index (κ1) is 14.4. The third-order valence-electron chi connectivity index (χ3n) is 2.74. The van der Waals surface area contributed by atoms with Crippen molar-refractivity contribution in [3.63, 3.8) is 0 Å². The third kappa shape index (κ3) is 3.96. The minimum atomic E-state index is 0.00688. The van der Waals surface area contributed by atoms with Crippen molar-refractivity contribution in [2.45, 2.75) is 13.8 Å². The van der Waals surface area contributed by atoms with Crippen LogP contribution in [-0.2, 0) is 4.79 Å². The predicted molar refractivity (Wildman–Crippen MR) is 73.0 cm³/mol. The maximum absolute atomic E-state index is 11.6. The minimum absolute atomic E-state index is 0.00688. The molecule has 0 aliphatic rings. The van der Waals surface area contributed by atoms with E-state index in [1.165, 1.54) is 6.92 Å². The van der Waals surface area contributed by atoms with Crippen LogP contribution in [0.15, 0.2) is 24.3 Å². The maximum atomic E-state index is 11.6. The molecule has 0 atom stereocenters. The van der Waals surface area contributed by atoms with Gasteiger partial charge in [0.05, 0.1) is 0 Å². The fraction of sp³-hybridized carbons (Fsp3) is 0.429. The molecule has 0 saturated carbocycles. The van der Waals surface area contributed by atoms with E-state index in [0.29, 0.717) is 12.1 Å². The zero-order valence-corrected chi connectivity index (χ0v) is 11.4. The van der Waals surface area contributed by atoms with Crippen LogP contribution >= 0.6 is 0 Å². The Kier molecular flexibility index (Phi) is 5.04. The van der Waals surface area contributed by atoms with Gasteiger partial charge in [0.2, 0.25) is 5.91 Å². The van der Waals surface area contributed by atoms with E-state index in [2.05, 4.69) is 0 Å². The van der Waals surface area contributed by atoms with Gasteiger partial charge in [-0.15, -0.1) is 0 Å². The Balaban J connectivity index is 2.85. The highest BCUT2D eigenvalue weighted by Gasteiger charge is 2.11. The van der Waals surface area contributed by atoms with Crippen molar-refractivity contribution < 1.29 is 9.59 Å². The summed E-state index contributed by atoms with van der Waals surface area (Å²) in [6.45, 7) is 4.52. The van der Waals surface area contributed by atoms with Gasteiger partial charge in [0.15, 0.2) is 5.78 Å². The van der Waals surface area contributed by atoms with Gasteiger partial charge in [0.1, 0.15) is 0 Å². The van der Waals surface area contributed by atoms with Crippen LogP contribution in [0.4, 0.5) is 5.69 Å². The second-order valence-corrected chi connectivity index (χ2v) is 4.58. The van der Waals surface area contributed by atoms with Crippen molar-refractivity contribution in [2.24, 2.45) is 0 Å². The van der Waals surface area contributed by atoms with Gasteiger partial charge >= 0.3 is 0 Å². The van der Waals surface area contributed by atoms with E-state index in [1.807, 2.05) is 31.1 Å². The molecule has 4 heteroatoms. The summed E-state index contributed by atoms with van der Waals surface area (Å²) < 4.78 is 0. The van der Waals surface area contributed by atoms with Gasteiger partial charge < -0.3 is 9.80 Å². The number of carbonyl (C=O) groups excluding carboxylic acids is 2. The Morgan fingerprint density at radius 2 is 1.56 bits per heavy atom. The summed E-state index contributed by atoms with van der Waals surface area (Å²) >= 11 is 0. The van der Waals surface area contributed by atoms with Crippen LogP contribution in [0, 0.1) is 0 Å². The first-order valence-electron chi connectivity index (χ1n) is 5.95. The van der Waals surface area contributed by atoms with Gasteiger partial charge in [-0.05, 0) is 45.3 Å². The molecule has 0 radical (unpaired) electrons. The van der Waals surface area contributed by atoms with Gasteiger partial charge in [0, 0.05) is 31.3 Å². The number of Topliss-reactive ketones (excluding diaryl/α,β-unsaturated/α-hetero) is 1. The average molecular weight is 248 g/mol. The van der Waals surface area contributed by atoms with Crippen molar-refractivity contribution in [3.05, 3.63) is 29.8 Å². The van der Waals surface area contributed by atoms with Gasteiger partial charge in [-0.3, -0.25) is 9.59 Å². The third-order valence-corrected chi connectivity index (χ3v) is 2.74. The second-order valence-electron chi connectivity index (χ2n) is 4.58. The zero-order chi connectivity index (χ0) is 13.7. The van der Waals surface area contributed by atoms with Gasteiger partial charge in [0.25, 0.3) is 0 Å². The number of anilines is 1. The molecule has 0 aliphatic heterocycles. The molecule has 0 spiro atoms. The topological polar surface area (TPSA) is 40.6 Å². The summed E-state index contributed by atoms with van der Waals surface area (Å²) in [5.74, 6) is 0.0386. The van der Waals surface area contributed by atoms with E-state index in [-0.39, 0.29) is 11.7 Å². The molecule has 0 aromatic heterocycles. The lowest BCUT2D eigenvalue weighted by molar-refractivity contribution is -0.116. The molecule has 4 nitrogen and oxygen atoms in total. The van der Waals surface area contributed by atoms with Gasteiger partial charge in [-0.2, -0.15) is 0 Å². The monoisotopic (exact) mass is 248 g/mol. The Morgan fingerprint density at radius 3 is 1.94 bits per heavy atom. The predicted octanol–water partition coefficient (Wildman–Crippen LogP) is 1.80. The second kappa shape index (κ2) is 6.31. The lowest BCUT2D eigenvalue weighted by Crippen LogP contribution is -2.35. The van der Waals surface area contributed by atoms with Crippen LogP contribution in [0.25, 0.3) is 0 Å². The fourth-order valence-corrected chi connectivity index (χ4v) is 1.64. The summed E-state index contributed by atoms with van der Waals surface area (Å²) in [7, 11) is 3.94. The molecule has 0 fully saturated rings.